The van der Waals surface area contributed by atoms with Gasteiger partial charge in [0.1, 0.15) is 11.5 Å². The Bertz CT molecular complexity index is 1840. The number of H-pyrrole nitrogens is 2. The van der Waals surface area contributed by atoms with Gasteiger partial charge in [-0.25, -0.2) is 4.39 Å². The molecule has 7 heteroatoms. The lowest BCUT2D eigenvalue weighted by molar-refractivity contribution is 0.334. The topological polar surface area (TPSA) is 73.5 Å². The molecule has 1 fully saturated rings. The van der Waals surface area contributed by atoms with Crippen LogP contribution >= 0.6 is 0 Å². The molecule has 5 aromatic rings. The summed E-state index contributed by atoms with van der Waals surface area (Å²) >= 11 is 0. The van der Waals surface area contributed by atoms with Gasteiger partial charge in [0, 0.05) is 40.3 Å². The van der Waals surface area contributed by atoms with Crippen LogP contribution in [0.4, 0.5) is 4.39 Å². The van der Waals surface area contributed by atoms with Crippen molar-refractivity contribution in [1.29, 1.82) is 0 Å². The second-order valence-corrected chi connectivity index (χ2v) is 10.9. The van der Waals surface area contributed by atoms with Gasteiger partial charge in [-0.2, -0.15) is 5.10 Å². The standard InChI is InChI=1S/C34H35FN6/c1-4-25(27-14-22(2)20-36-21-27)18-29-23(3)39-40-34(29)32-19-30-31(38-32)9-10-37-33(30)26-15-24(16-28(35)17-26)8-7-13-41-11-5-6-12-41/h4,9-10,14-21,38-39H,3,5-8,11-13H2,1-2H3/b25-4+,29-18+. The number of nitrogens with one attached hydrogen (secondary N) is 2. The number of pyridine rings is 2. The number of hydrogen-bond donors (Lipinski definition) is 2. The molecule has 208 valence electrons. The van der Waals surface area contributed by atoms with Crippen molar-refractivity contribution < 1.29 is 4.39 Å². The van der Waals surface area contributed by atoms with Gasteiger partial charge in [0.05, 0.1) is 16.7 Å². The molecule has 1 aromatic carbocycles. The zero-order valence-corrected chi connectivity index (χ0v) is 23.7. The lowest BCUT2D eigenvalue weighted by Gasteiger charge is -2.14. The summed E-state index contributed by atoms with van der Waals surface area (Å²) in [6, 6.07) is 11.4. The molecule has 1 aliphatic rings. The third kappa shape index (κ3) is 5.77. The molecule has 6 rings (SSSR count). The number of nitrogens with zero attached hydrogens (tertiary/aromatic N) is 4. The van der Waals surface area contributed by atoms with Crippen LogP contribution in [0.15, 0.2) is 61.1 Å². The number of benzene rings is 1. The number of halogens is 1. The molecule has 41 heavy (non-hydrogen) atoms. The summed E-state index contributed by atoms with van der Waals surface area (Å²) in [4.78, 5) is 15.1. The summed E-state index contributed by atoms with van der Waals surface area (Å²) in [6.45, 7) is 11.7. The van der Waals surface area contributed by atoms with Crippen LogP contribution in [0.3, 0.4) is 0 Å². The molecule has 0 spiro atoms. The zero-order chi connectivity index (χ0) is 28.3. The molecule has 0 bridgehead atoms. The van der Waals surface area contributed by atoms with Crippen LogP contribution in [0.1, 0.15) is 42.9 Å². The second kappa shape index (κ2) is 11.6. The van der Waals surface area contributed by atoms with Gasteiger partial charge in [0.2, 0.25) is 0 Å². The van der Waals surface area contributed by atoms with Crippen molar-refractivity contribution in [2.24, 2.45) is 0 Å². The maximum atomic E-state index is 14.8. The Morgan fingerprint density at radius 2 is 1.95 bits per heavy atom. The number of aryl methyl sites for hydroxylation is 2. The minimum absolute atomic E-state index is 0.233. The van der Waals surface area contributed by atoms with Crippen LogP contribution in [0, 0.1) is 12.7 Å². The Morgan fingerprint density at radius 1 is 1.10 bits per heavy atom. The highest BCUT2D eigenvalue weighted by molar-refractivity contribution is 5.96. The first-order valence-corrected chi connectivity index (χ1v) is 14.3. The first-order chi connectivity index (χ1) is 20.0. The van der Waals surface area contributed by atoms with Gasteiger partial charge in [0.15, 0.2) is 0 Å². The number of hydrogen-bond acceptors (Lipinski definition) is 4. The van der Waals surface area contributed by atoms with Crippen molar-refractivity contribution in [2.45, 2.75) is 39.5 Å². The number of aromatic amines is 2. The van der Waals surface area contributed by atoms with E-state index >= 15 is 0 Å². The van der Waals surface area contributed by atoms with E-state index in [1.165, 1.54) is 25.9 Å². The van der Waals surface area contributed by atoms with E-state index in [-0.39, 0.29) is 5.82 Å². The zero-order valence-electron chi connectivity index (χ0n) is 23.7. The normalized spacial score (nSPS) is 14.9. The molecule has 2 N–H and O–H groups in total. The van der Waals surface area contributed by atoms with Crippen LogP contribution < -0.4 is 10.6 Å². The van der Waals surface area contributed by atoms with Gasteiger partial charge in [-0.15, -0.1) is 0 Å². The summed E-state index contributed by atoms with van der Waals surface area (Å²) < 4.78 is 14.8. The maximum Gasteiger partial charge on any atom is 0.124 e. The Kier molecular flexibility index (Phi) is 7.61. The molecular weight excluding hydrogens is 511 g/mol. The fourth-order valence-electron chi connectivity index (χ4n) is 5.81. The predicted octanol–water partition coefficient (Wildman–Crippen LogP) is 5.79. The average molecular weight is 547 g/mol. The molecule has 0 saturated carbocycles. The van der Waals surface area contributed by atoms with E-state index in [9.17, 15) is 4.39 Å². The van der Waals surface area contributed by atoms with Crippen molar-refractivity contribution in [3.8, 4) is 22.6 Å². The number of likely N-dealkylation sites (tertiary alicyclic amines) is 1. The summed E-state index contributed by atoms with van der Waals surface area (Å²) in [5, 5.41) is 10.2. The quantitative estimate of drug-likeness (QED) is 0.259. The highest BCUT2D eigenvalue weighted by Crippen LogP contribution is 2.31. The van der Waals surface area contributed by atoms with Crippen molar-refractivity contribution in [3.63, 3.8) is 0 Å². The van der Waals surface area contributed by atoms with Crippen LogP contribution in [-0.2, 0) is 6.42 Å². The molecule has 0 unspecified atom stereocenters. The van der Waals surface area contributed by atoms with Crippen molar-refractivity contribution in [1.82, 2.24) is 30.0 Å². The number of rotatable bonds is 8. The molecule has 0 radical (unpaired) electrons. The molecule has 6 nitrogen and oxygen atoms in total. The predicted molar refractivity (Wildman–Crippen MR) is 165 cm³/mol. The average Bonchev–Trinajstić information content (AvgIpc) is 3.71. The van der Waals surface area contributed by atoms with Gasteiger partial charge >= 0.3 is 0 Å². The maximum absolute atomic E-state index is 14.8. The SMILES string of the molecule is C=c1[nH]nc(-c2cc3c(-c4cc(F)cc(CCCN5CCCC5)c4)nccc3[nH]2)/c1=C/C(=C\C)c1cncc(C)c1. The second-order valence-electron chi connectivity index (χ2n) is 10.9. The molecule has 5 heterocycles. The fourth-order valence-corrected chi connectivity index (χ4v) is 5.81. The Hall–Kier alpha value is -4.36. The van der Waals surface area contributed by atoms with E-state index in [0.29, 0.717) is 0 Å². The highest BCUT2D eigenvalue weighted by atomic mass is 19.1. The lowest BCUT2D eigenvalue weighted by Crippen LogP contribution is -2.22. The van der Waals surface area contributed by atoms with E-state index in [1.807, 2.05) is 38.4 Å². The van der Waals surface area contributed by atoms with Gasteiger partial charge in [-0.05, 0) is 124 Å². The number of fused-ring (bicyclic) bond motifs is 1. The van der Waals surface area contributed by atoms with Gasteiger partial charge in [-0.1, -0.05) is 12.7 Å². The molecule has 4 aromatic heterocycles. The Balaban J connectivity index is 1.35. The van der Waals surface area contributed by atoms with Gasteiger partial charge < -0.3 is 9.88 Å². The number of aromatic nitrogens is 5. The summed E-state index contributed by atoms with van der Waals surface area (Å²) in [6.07, 6.45) is 14.1. The van der Waals surface area contributed by atoms with Gasteiger partial charge in [-0.3, -0.25) is 15.1 Å². The first-order valence-electron chi connectivity index (χ1n) is 14.3. The lowest BCUT2D eigenvalue weighted by atomic mass is 10.0. The van der Waals surface area contributed by atoms with E-state index in [4.69, 9.17) is 0 Å². The van der Waals surface area contributed by atoms with E-state index < -0.39 is 0 Å². The number of allylic oxidation sites excluding steroid dienone is 2. The van der Waals surface area contributed by atoms with Crippen LogP contribution in [0.5, 0.6) is 0 Å². The minimum Gasteiger partial charge on any atom is -0.353 e. The van der Waals surface area contributed by atoms with Gasteiger partial charge in [0.25, 0.3) is 0 Å². The monoisotopic (exact) mass is 546 g/mol. The Morgan fingerprint density at radius 3 is 2.76 bits per heavy atom. The highest BCUT2D eigenvalue weighted by Gasteiger charge is 2.15. The van der Waals surface area contributed by atoms with E-state index in [2.05, 4.69) is 60.9 Å². The van der Waals surface area contributed by atoms with Crippen molar-refractivity contribution in [3.05, 3.63) is 94.1 Å². The molecule has 0 atom stereocenters. The smallest absolute Gasteiger partial charge is 0.124 e. The summed E-state index contributed by atoms with van der Waals surface area (Å²) in [7, 11) is 0. The molecule has 1 saturated heterocycles. The fraction of sp³-hybridized carbons (Fsp3) is 0.265. The molecular formula is C34H35FN6. The molecule has 0 amide bonds. The van der Waals surface area contributed by atoms with E-state index in [1.54, 1.807) is 18.3 Å². The van der Waals surface area contributed by atoms with Crippen LogP contribution in [0.2, 0.25) is 0 Å². The largest absolute Gasteiger partial charge is 0.353 e. The summed E-state index contributed by atoms with van der Waals surface area (Å²) in [5.74, 6) is -0.233. The molecule has 1 aliphatic heterocycles. The van der Waals surface area contributed by atoms with Crippen molar-refractivity contribution >= 4 is 29.1 Å². The third-order valence-corrected chi connectivity index (χ3v) is 7.87. The van der Waals surface area contributed by atoms with Crippen LogP contribution in [0.25, 0.3) is 51.8 Å². The molecule has 0 aliphatic carbocycles. The van der Waals surface area contributed by atoms with E-state index in [0.717, 1.165) is 85.8 Å². The summed E-state index contributed by atoms with van der Waals surface area (Å²) in [5.41, 5.74) is 8.22. The minimum atomic E-state index is -0.233. The third-order valence-electron chi connectivity index (χ3n) is 7.87. The van der Waals surface area contributed by atoms with Crippen molar-refractivity contribution in [2.75, 3.05) is 19.6 Å². The Labute approximate surface area is 239 Å². The van der Waals surface area contributed by atoms with Crippen LogP contribution in [-0.4, -0.2) is 49.7 Å². The first kappa shape index (κ1) is 26.8.